The Kier molecular flexibility index (Phi) is 5.41. The topological polar surface area (TPSA) is 102 Å². The van der Waals surface area contributed by atoms with Gasteiger partial charge in [-0.15, -0.1) is 0 Å². The Hall–Kier alpha value is -2.76. The van der Waals surface area contributed by atoms with Gasteiger partial charge in [0.1, 0.15) is 17.5 Å². The van der Waals surface area contributed by atoms with Crippen LogP contribution in [0.5, 0.6) is 0 Å². The number of fused-ring (bicyclic) bond motifs is 1. The fourth-order valence-electron chi connectivity index (χ4n) is 2.19. The van der Waals surface area contributed by atoms with Crippen LogP contribution in [0.15, 0.2) is 36.4 Å². The van der Waals surface area contributed by atoms with E-state index in [1.54, 1.807) is 25.1 Å². The maximum atomic E-state index is 12.3. The lowest BCUT2D eigenvalue weighted by Crippen LogP contribution is -2.44. The van der Waals surface area contributed by atoms with E-state index in [0.717, 1.165) is 5.39 Å². The Morgan fingerprint density at radius 3 is 2.61 bits per heavy atom. The molecule has 2 aromatic rings. The number of para-hydroxylation sites is 1. The van der Waals surface area contributed by atoms with E-state index < -0.39 is 17.9 Å². The van der Waals surface area contributed by atoms with Crippen molar-refractivity contribution in [1.29, 1.82) is 0 Å². The fourth-order valence-corrected chi connectivity index (χ4v) is 2.19. The van der Waals surface area contributed by atoms with Gasteiger partial charge in [-0.05, 0) is 18.6 Å². The van der Waals surface area contributed by atoms with Gasteiger partial charge in [0.15, 0.2) is 0 Å². The van der Waals surface area contributed by atoms with Gasteiger partial charge >= 0.3 is 0 Å². The van der Waals surface area contributed by atoms with E-state index in [4.69, 9.17) is 5.73 Å². The summed E-state index contributed by atoms with van der Waals surface area (Å²) in [7, 11) is 0. The van der Waals surface area contributed by atoms with Crippen LogP contribution in [0.25, 0.3) is 10.9 Å². The highest BCUT2D eigenvalue weighted by atomic mass is 16.2. The van der Waals surface area contributed by atoms with Gasteiger partial charge in [0, 0.05) is 18.2 Å². The van der Waals surface area contributed by atoms with Crippen molar-refractivity contribution in [3.63, 3.8) is 0 Å². The van der Waals surface area contributed by atoms with E-state index in [-0.39, 0.29) is 24.3 Å². The van der Waals surface area contributed by atoms with Crippen LogP contribution in [0, 0.1) is 0 Å². The number of benzene rings is 1. The van der Waals surface area contributed by atoms with Crippen LogP contribution in [0.4, 0.5) is 0 Å². The van der Waals surface area contributed by atoms with Crippen molar-refractivity contribution in [2.45, 2.75) is 32.2 Å². The Morgan fingerprint density at radius 2 is 1.91 bits per heavy atom. The molecule has 1 atom stereocenters. The molecule has 0 aliphatic carbocycles. The Morgan fingerprint density at radius 1 is 1.17 bits per heavy atom. The third kappa shape index (κ3) is 4.35. The summed E-state index contributed by atoms with van der Waals surface area (Å²) in [6, 6.07) is 9.91. The first-order valence-electron chi connectivity index (χ1n) is 7.49. The Labute approximate surface area is 134 Å². The predicted octanol–water partition coefficient (Wildman–Crippen LogP) is 1.58. The highest BCUT2D eigenvalue weighted by molar-refractivity contribution is 5.97. The number of hydrogen-bond acceptors (Lipinski definition) is 4. The van der Waals surface area contributed by atoms with Crippen LogP contribution in [-0.2, 0) is 9.59 Å². The van der Waals surface area contributed by atoms with Gasteiger partial charge in [0.25, 0.3) is 5.91 Å². The monoisotopic (exact) mass is 313 g/mol. The smallest absolute Gasteiger partial charge is 0.270 e. The summed E-state index contributed by atoms with van der Waals surface area (Å²) in [5.41, 5.74) is 6.19. The zero-order valence-electron chi connectivity index (χ0n) is 12.9. The number of nitrogens with zero attached hydrogens (tertiary/aromatic N) is 1. The zero-order valence-corrected chi connectivity index (χ0v) is 12.9. The third-order valence-electron chi connectivity index (χ3n) is 3.59. The molecule has 0 bridgehead atoms. The molecule has 3 N–H and O–H groups in total. The minimum absolute atomic E-state index is 0.0225. The molecule has 0 saturated carbocycles. The molecule has 1 aromatic heterocycles. The van der Waals surface area contributed by atoms with Crippen molar-refractivity contribution >= 4 is 28.5 Å². The molecule has 6 nitrogen and oxygen atoms in total. The average molecular weight is 313 g/mol. The molecule has 0 aliphatic heterocycles. The standard InChI is InChI=1S/C17H19N3O3/c1-2-12(21)8-10-14(16(18)22)20-17(23)15-9-7-11-5-3-4-6-13(11)19-15/h3-7,9,14H,2,8,10H2,1H3,(H2,18,22)(H,20,23)/t14-/m1/s1. The normalized spacial score (nSPS) is 11.9. The lowest BCUT2D eigenvalue weighted by molar-refractivity contribution is -0.121. The highest BCUT2D eigenvalue weighted by Gasteiger charge is 2.20. The molecular formula is C17H19N3O3. The van der Waals surface area contributed by atoms with Gasteiger partial charge in [-0.2, -0.15) is 0 Å². The number of primary amides is 1. The minimum atomic E-state index is -0.883. The average Bonchev–Trinajstić information content (AvgIpc) is 2.57. The van der Waals surface area contributed by atoms with Gasteiger partial charge in [0.2, 0.25) is 5.91 Å². The summed E-state index contributed by atoms with van der Waals surface area (Å²) < 4.78 is 0. The first-order chi connectivity index (χ1) is 11.0. The van der Waals surface area contributed by atoms with Gasteiger partial charge in [-0.3, -0.25) is 14.4 Å². The van der Waals surface area contributed by atoms with Crippen LogP contribution in [0.2, 0.25) is 0 Å². The fraction of sp³-hybridized carbons (Fsp3) is 0.294. The summed E-state index contributed by atoms with van der Waals surface area (Å²) in [5.74, 6) is -1.12. The molecule has 0 fully saturated rings. The van der Waals surface area contributed by atoms with Gasteiger partial charge < -0.3 is 11.1 Å². The second-order valence-electron chi connectivity index (χ2n) is 5.25. The molecule has 6 heteroatoms. The van der Waals surface area contributed by atoms with E-state index in [9.17, 15) is 14.4 Å². The second-order valence-corrected chi connectivity index (χ2v) is 5.25. The lowest BCUT2D eigenvalue weighted by atomic mass is 10.1. The summed E-state index contributed by atoms with van der Waals surface area (Å²) in [4.78, 5) is 39.3. The Bertz CT molecular complexity index is 743. The molecule has 0 saturated heterocycles. The maximum absolute atomic E-state index is 12.3. The number of Topliss-reactive ketones (excluding diaryl/α,β-unsaturated/α-hetero) is 1. The number of rotatable bonds is 7. The number of ketones is 1. The van der Waals surface area contributed by atoms with Crippen molar-refractivity contribution in [3.8, 4) is 0 Å². The largest absolute Gasteiger partial charge is 0.368 e. The molecule has 0 aliphatic rings. The summed E-state index contributed by atoms with van der Waals surface area (Å²) in [5, 5.41) is 3.47. The summed E-state index contributed by atoms with van der Waals surface area (Å²) >= 11 is 0. The predicted molar refractivity (Wildman–Crippen MR) is 86.7 cm³/mol. The molecular weight excluding hydrogens is 294 g/mol. The summed E-state index contributed by atoms with van der Waals surface area (Å²) in [6.07, 6.45) is 0.794. The maximum Gasteiger partial charge on any atom is 0.270 e. The number of pyridine rings is 1. The zero-order chi connectivity index (χ0) is 16.8. The van der Waals surface area contributed by atoms with E-state index in [2.05, 4.69) is 10.3 Å². The first-order valence-corrected chi connectivity index (χ1v) is 7.49. The quantitative estimate of drug-likeness (QED) is 0.810. The number of carbonyl (C=O) groups is 3. The number of hydrogen-bond donors (Lipinski definition) is 2. The van der Waals surface area contributed by atoms with Crippen LogP contribution in [0.3, 0.4) is 0 Å². The van der Waals surface area contributed by atoms with Gasteiger partial charge in [-0.25, -0.2) is 4.98 Å². The SMILES string of the molecule is CCC(=O)CC[C@@H](NC(=O)c1ccc2ccccc2n1)C(N)=O. The molecule has 2 rings (SSSR count). The van der Waals surface area contributed by atoms with Crippen molar-refractivity contribution < 1.29 is 14.4 Å². The molecule has 23 heavy (non-hydrogen) atoms. The number of carbonyl (C=O) groups excluding carboxylic acids is 3. The lowest BCUT2D eigenvalue weighted by Gasteiger charge is -2.14. The van der Waals surface area contributed by atoms with Crippen LogP contribution in [0.1, 0.15) is 36.7 Å². The van der Waals surface area contributed by atoms with E-state index >= 15 is 0 Å². The Balaban J connectivity index is 2.10. The van der Waals surface area contributed by atoms with Crippen LogP contribution in [-0.4, -0.2) is 28.6 Å². The van der Waals surface area contributed by atoms with Crippen molar-refractivity contribution in [2.24, 2.45) is 5.73 Å². The van der Waals surface area contributed by atoms with Crippen LogP contribution >= 0.6 is 0 Å². The van der Waals surface area contributed by atoms with Crippen molar-refractivity contribution in [3.05, 3.63) is 42.1 Å². The van der Waals surface area contributed by atoms with E-state index in [1.807, 2.05) is 18.2 Å². The molecule has 0 unspecified atom stereocenters. The highest BCUT2D eigenvalue weighted by Crippen LogP contribution is 2.12. The van der Waals surface area contributed by atoms with E-state index in [0.29, 0.717) is 11.9 Å². The van der Waals surface area contributed by atoms with E-state index in [1.165, 1.54) is 0 Å². The van der Waals surface area contributed by atoms with Crippen molar-refractivity contribution in [1.82, 2.24) is 10.3 Å². The number of aromatic nitrogens is 1. The molecule has 1 heterocycles. The van der Waals surface area contributed by atoms with Crippen molar-refractivity contribution in [2.75, 3.05) is 0 Å². The molecule has 2 amide bonds. The number of nitrogens with two attached hydrogens (primary N) is 1. The first kappa shape index (κ1) is 16.6. The van der Waals surface area contributed by atoms with Gasteiger partial charge in [0.05, 0.1) is 5.52 Å². The summed E-state index contributed by atoms with van der Waals surface area (Å²) in [6.45, 7) is 1.75. The van der Waals surface area contributed by atoms with Gasteiger partial charge in [-0.1, -0.05) is 31.2 Å². The molecule has 1 aromatic carbocycles. The molecule has 120 valence electrons. The second kappa shape index (κ2) is 7.49. The number of nitrogens with one attached hydrogen (secondary N) is 1. The minimum Gasteiger partial charge on any atom is -0.368 e. The van der Waals surface area contributed by atoms with Crippen LogP contribution < -0.4 is 11.1 Å². The molecule has 0 spiro atoms. The third-order valence-corrected chi connectivity index (χ3v) is 3.59. The molecule has 0 radical (unpaired) electrons. The number of amides is 2.